The molecular formula is C12H12N2O2. The van der Waals surface area contributed by atoms with E-state index in [2.05, 4.69) is 5.10 Å². The SMILES string of the molecule is COc1ccc(Cn2ccc(C=O)n2)cc1. The molecule has 0 atom stereocenters. The van der Waals surface area contributed by atoms with Crippen LogP contribution in [-0.4, -0.2) is 23.2 Å². The molecule has 0 aliphatic carbocycles. The zero-order valence-electron chi connectivity index (χ0n) is 8.96. The van der Waals surface area contributed by atoms with Crippen molar-refractivity contribution in [2.45, 2.75) is 6.54 Å². The summed E-state index contributed by atoms with van der Waals surface area (Å²) < 4.78 is 6.80. The fourth-order valence-corrected chi connectivity index (χ4v) is 1.45. The van der Waals surface area contributed by atoms with Crippen LogP contribution in [0, 0.1) is 0 Å². The molecule has 0 amide bonds. The van der Waals surface area contributed by atoms with E-state index in [0.29, 0.717) is 12.2 Å². The minimum Gasteiger partial charge on any atom is -0.497 e. The van der Waals surface area contributed by atoms with Crippen LogP contribution in [0.15, 0.2) is 36.5 Å². The van der Waals surface area contributed by atoms with Crippen LogP contribution in [0.5, 0.6) is 5.75 Å². The predicted octanol–water partition coefficient (Wildman–Crippen LogP) is 1.75. The zero-order valence-corrected chi connectivity index (χ0v) is 8.96. The van der Waals surface area contributed by atoms with Crippen LogP contribution in [0.25, 0.3) is 0 Å². The maximum absolute atomic E-state index is 10.5. The summed E-state index contributed by atoms with van der Waals surface area (Å²) in [6, 6.07) is 9.44. The van der Waals surface area contributed by atoms with Gasteiger partial charge in [-0.15, -0.1) is 0 Å². The maximum atomic E-state index is 10.5. The van der Waals surface area contributed by atoms with Gasteiger partial charge < -0.3 is 4.74 Å². The molecular weight excluding hydrogens is 204 g/mol. The molecule has 2 aromatic rings. The molecule has 82 valence electrons. The molecule has 0 radical (unpaired) electrons. The number of carbonyl (C=O) groups is 1. The van der Waals surface area contributed by atoms with E-state index in [9.17, 15) is 4.79 Å². The van der Waals surface area contributed by atoms with Crippen molar-refractivity contribution in [1.82, 2.24) is 9.78 Å². The summed E-state index contributed by atoms with van der Waals surface area (Å²) in [5.74, 6) is 0.831. The summed E-state index contributed by atoms with van der Waals surface area (Å²) in [5.41, 5.74) is 1.56. The molecule has 0 saturated heterocycles. The van der Waals surface area contributed by atoms with Crippen LogP contribution in [0.4, 0.5) is 0 Å². The summed E-state index contributed by atoms with van der Waals surface area (Å²) in [6.45, 7) is 0.651. The number of methoxy groups -OCH3 is 1. The van der Waals surface area contributed by atoms with Gasteiger partial charge in [-0.2, -0.15) is 5.10 Å². The van der Waals surface area contributed by atoms with Gasteiger partial charge >= 0.3 is 0 Å². The van der Waals surface area contributed by atoms with E-state index in [1.807, 2.05) is 24.3 Å². The molecule has 4 heteroatoms. The Hall–Kier alpha value is -2.10. The first-order valence-electron chi connectivity index (χ1n) is 4.93. The quantitative estimate of drug-likeness (QED) is 0.731. The average molecular weight is 216 g/mol. The second-order valence-electron chi connectivity index (χ2n) is 3.40. The third-order valence-corrected chi connectivity index (χ3v) is 2.29. The number of nitrogens with zero attached hydrogens (tertiary/aromatic N) is 2. The Labute approximate surface area is 93.5 Å². The second kappa shape index (κ2) is 4.61. The van der Waals surface area contributed by atoms with Crippen LogP contribution in [0.1, 0.15) is 16.1 Å². The minimum atomic E-state index is 0.452. The van der Waals surface area contributed by atoms with E-state index in [1.165, 1.54) is 0 Å². The van der Waals surface area contributed by atoms with E-state index in [0.717, 1.165) is 17.6 Å². The summed E-state index contributed by atoms with van der Waals surface area (Å²) in [4.78, 5) is 10.5. The number of hydrogen-bond acceptors (Lipinski definition) is 3. The van der Waals surface area contributed by atoms with E-state index >= 15 is 0 Å². The molecule has 0 N–H and O–H groups in total. The first-order valence-corrected chi connectivity index (χ1v) is 4.93. The standard InChI is InChI=1S/C12H12N2O2/c1-16-12-4-2-10(3-5-12)8-14-7-6-11(9-15)13-14/h2-7,9H,8H2,1H3. The van der Waals surface area contributed by atoms with Crippen LogP contribution < -0.4 is 4.74 Å². The van der Waals surface area contributed by atoms with Crippen LogP contribution in [-0.2, 0) is 6.54 Å². The van der Waals surface area contributed by atoms with Crippen molar-refractivity contribution in [3.63, 3.8) is 0 Å². The third kappa shape index (κ3) is 2.28. The molecule has 0 fully saturated rings. The van der Waals surface area contributed by atoms with Gasteiger partial charge in [0.05, 0.1) is 13.7 Å². The molecule has 1 heterocycles. The topological polar surface area (TPSA) is 44.1 Å². The number of aromatic nitrogens is 2. The van der Waals surface area contributed by atoms with Gasteiger partial charge in [0.1, 0.15) is 11.4 Å². The lowest BCUT2D eigenvalue weighted by Crippen LogP contribution is -2.00. The highest BCUT2D eigenvalue weighted by molar-refractivity contribution is 5.71. The Morgan fingerprint density at radius 2 is 2.06 bits per heavy atom. The summed E-state index contributed by atoms with van der Waals surface area (Å²) in [6.07, 6.45) is 2.53. The van der Waals surface area contributed by atoms with Crippen molar-refractivity contribution in [3.8, 4) is 5.75 Å². The van der Waals surface area contributed by atoms with Crippen LogP contribution in [0.2, 0.25) is 0 Å². The molecule has 0 bridgehead atoms. The summed E-state index contributed by atoms with van der Waals surface area (Å²) in [5, 5.41) is 4.08. The number of carbonyl (C=O) groups excluding carboxylic acids is 1. The smallest absolute Gasteiger partial charge is 0.170 e. The number of rotatable bonds is 4. The highest BCUT2D eigenvalue weighted by atomic mass is 16.5. The zero-order chi connectivity index (χ0) is 11.4. The monoisotopic (exact) mass is 216 g/mol. The van der Waals surface area contributed by atoms with E-state index in [1.54, 1.807) is 24.1 Å². The lowest BCUT2D eigenvalue weighted by atomic mass is 10.2. The minimum absolute atomic E-state index is 0.452. The first kappa shape index (κ1) is 10.4. The van der Waals surface area contributed by atoms with Gasteiger partial charge in [0.25, 0.3) is 0 Å². The van der Waals surface area contributed by atoms with Gasteiger partial charge in [-0.05, 0) is 23.8 Å². The number of ether oxygens (including phenoxy) is 1. The van der Waals surface area contributed by atoms with E-state index < -0.39 is 0 Å². The molecule has 1 aromatic heterocycles. The van der Waals surface area contributed by atoms with Crippen molar-refractivity contribution in [2.75, 3.05) is 7.11 Å². The Balaban J connectivity index is 2.10. The third-order valence-electron chi connectivity index (χ3n) is 2.29. The molecule has 0 aliphatic rings. The van der Waals surface area contributed by atoms with E-state index in [-0.39, 0.29) is 0 Å². The van der Waals surface area contributed by atoms with Crippen LogP contribution in [0.3, 0.4) is 0 Å². The Morgan fingerprint density at radius 3 is 2.62 bits per heavy atom. The molecule has 2 rings (SSSR count). The molecule has 0 aliphatic heterocycles. The Bertz CT molecular complexity index is 474. The first-order chi connectivity index (χ1) is 7.81. The van der Waals surface area contributed by atoms with Gasteiger partial charge in [-0.3, -0.25) is 9.48 Å². The normalized spacial score (nSPS) is 10.1. The number of hydrogen-bond donors (Lipinski definition) is 0. The highest BCUT2D eigenvalue weighted by Gasteiger charge is 1.99. The van der Waals surface area contributed by atoms with Crippen LogP contribution >= 0.6 is 0 Å². The van der Waals surface area contributed by atoms with Crippen molar-refractivity contribution in [1.29, 1.82) is 0 Å². The molecule has 0 saturated carbocycles. The lowest BCUT2D eigenvalue weighted by Gasteiger charge is -2.03. The summed E-state index contributed by atoms with van der Waals surface area (Å²) >= 11 is 0. The lowest BCUT2D eigenvalue weighted by molar-refractivity contribution is 0.111. The second-order valence-corrected chi connectivity index (χ2v) is 3.40. The summed E-state index contributed by atoms with van der Waals surface area (Å²) in [7, 11) is 1.64. The van der Waals surface area contributed by atoms with Crippen molar-refractivity contribution in [2.24, 2.45) is 0 Å². The Kier molecular flexibility index (Phi) is 3.00. The van der Waals surface area contributed by atoms with Gasteiger partial charge in [0.15, 0.2) is 6.29 Å². The fraction of sp³-hybridized carbons (Fsp3) is 0.167. The maximum Gasteiger partial charge on any atom is 0.170 e. The van der Waals surface area contributed by atoms with Crippen molar-refractivity contribution in [3.05, 3.63) is 47.8 Å². The van der Waals surface area contributed by atoms with Crippen molar-refractivity contribution >= 4 is 6.29 Å². The van der Waals surface area contributed by atoms with Gasteiger partial charge in [0, 0.05) is 6.20 Å². The van der Waals surface area contributed by atoms with Gasteiger partial charge in [-0.25, -0.2) is 0 Å². The van der Waals surface area contributed by atoms with Gasteiger partial charge in [-0.1, -0.05) is 12.1 Å². The number of benzene rings is 1. The highest BCUT2D eigenvalue weighted by Crippen LogP contribution is 2.12. The number of aldehydes is 1. The molecule has 16 heavy (non-hydrogen) atoms. The average Bonchev–Trinajstić information content (AvgIpc) is 2.78. The Morgan fingerprint density at radius 1 is 1.31 bits per heavy atom. The van der Waals surface area contributed by atoms with Crippen molar-refractivity contribution < 1.29 is 9.53 Å². The molecule has 4 nitrogen and oxygen atoms in total. The predicted molar refractivity (Wildman–Crippen MR) is 59.7 cm³/mol. The largest absolute Gasteiger partial charge is 0.497 e. The van der Waals surface area contributed by atoms with Gasteiger partial charge in [0.2, 0.25) is 0 Å². The fourth-order valence-electron chi connectivity index (χ4n) is 1.45. The molecule has 0 spiro atoms. The van der Waals surface area contributed by atoms with E-state index in [4.69, 9.17) is 4.74 Å². The molecule has 0 unspecified atom stereocenters. The molecule has 1 aromatic carbocycles.